The molecule has 1 atom stereocenters. The Morgan fingerprint density at radius 3 is 2.79 bits per heavy atom. The molecule has 1 heterocycles. The lowest BCUT2D eigenvalue weighted by molar-refractivity contribution is 0.0269. The molecule has 0 aromatic heterocycles. The molecule has 1 unspecified atom stereocenters. The molecule has 1 aromatic rings. The lowest BCUT2D eigenvalue weighted by atomic mass is 10.2. The number of sulfonamides is 1. The molecule has 0 spiro atoms. The molecular formula is C11H12BrNO5S. The zero-order chi connectivity index (χ0) is 14.0. The lowest BCUT2D eigenvalue weighted by Crippen LogP contribution is -2.19. The van der Waals surface area contributed by atoms with Crippen LogP contribution in [0.5, 0.6) is 0 Å². The number of rotatable bonds is 3. The van der Waals surface area contributed by atoms with Crippen LogP contribution in [0.1, 0.15) is 16.8 Å². The third kappa shape index (κ3) is 3.53. The van der Waals surface area contributed by atoms with Crippen molar-refractivity contribution in [2.24, 2.45) is 5.14 Å². The van der Waals surface area contributed by atoms with E-state index in [1.807, 2.05) is 0 Å². The molecule has 0 aliphatic carbocycles. The van der Waals surface area contributed by atoms with E-state index in [0.29, 0.717) is 24.1 Å². The fourth-order valence-corrected chi connectivity index (χ4v) is 2.61. The summed E-state index contributed by atoms with van der Waals surface area (Å²) >= 11 is 3.18. The van der Waals surface area contributed by atoms with Gasteiger partial charge in [-0.2, -0.15) is 0 Å². The molecule has 0 bridgehead atoms. The monoisotopic (exact) mass is 349 g/mol. The van der Waals surface area contributed by atoms with Crippen molar-refractivity contribution in [3.63, 3.8) is 0 Å². The van der Waals surface area contributed by atoms with Crippen molar-refractivity contribution in [3.8, 4) is 0 Å². The smallest absolute Gasteiger partial charge is 0.339 e. The van der Waals surface area contributed by atoms with Crippen molar-refractivity contribution < 1.29 is 22.7 Å². The fourth-order valence-electron chi connectivity index (χ4n) is 1.66. The maximum absolute atomic E-state index is 12.0. The van der Waals surface area contributed by atoms with Gasteiger partial charge in [-0.15, -0.1) is 0 Å². The summed E-state index contributed by atoms with van der Waals surface area (Å²) in [4.78, 5) is 11.8. The van der Waals surface area contributed by atoms with Gasteiger partial charge in [0.2, 0.25) is 10.0 Å². The maximum atomic E-state index is 12.0. The molecule has 8 heteroatoms. The van der Waals surface area contributed by atoms with Crippen LogP contribution >= 0.6 is 15.9 Å². The van der Waals surface area contributed by atoms with Crippen molar-refractivity contribution in [3.05, 3.63) is 28.2 Å². The first-order chi connectivity index (χ1) is 8.88. The first-order valence-electron chi connectivity index (χ1n) is 5.49. The Morgan fingerprint density at radius 2 is 2.21 bits per heavy atom. The summed E-state index contributed by atoms with van der Waals surface area (Å²) in [6, 6.07) is 3.95. The molecule has 1 aromatic carbocycles. The average Bonchev–Trinajstić information content (AvgIpc) is 2.80. The third-order valence-electron chi connectivity index (χ3n) is 2.65. The van der Waals surface area contributed by atoms with Crippen LogP contribution in [0.25, 0.3) is 0 Å². The number of esters is 1. The third-order valence-corrected chi connectivity index (χ3v) is 4.25. The first kappa shape index (κ1) is 14.4. The summed E-state index contributed by atoms with van der Waals surface area (Å²) in [5, 5.41) is 5.02. The second-order valence-corrected chi connectivity index (χ2v) is 6.49. The van der Waals surface area contributed by atoms with Gasteiger partial charge in [-0.25, -0.2) is 18.4 Å². The Morgan fingerprint density at radius 1 is 1.47 bits per heavy atom. The molecule has 0 saturated carbocycles. The summed E-state index contributed by atoms with van der Waals surface area (Å²) in [6.45, 7) is 0.911. The topological polar surface area (TPSA) is 95.7 Å². The van der Waals surface area contributed by atoms with E-state index in [4.69, 9.17) is 14.6 Å². The van der Waals surface area contributed by atoms with Gasteiger partial charge < -0.3 is 9.47 Å². The quantitative estimate of drug-likeness (QED) is 0.822. The Labute approximate surface area is 119 Å². The molecule has 0 amide bonds. The van der Waals surface area contributed by atoms with Crippen LogP contribution in [0.15, 0.2) is 27.6 Å². The predicted molar refractivity (Wildman–Crippen MR) is 70.2 cm³/mol. The van der Waals surface area contributed by atoms with E-state index < -0.39 is 16.0 Å². The van der Waals surface area contributed by atoms with E-state index in [1.165, 1.54) is 18.2 Å². The van der Waals surface area contributed by atoms with Crippen LogP contribution in [-0.4, -0.2) is 33.7 Å². The van der Waals surface area contributed by atoms with Crippen molar-refractivity contribution in [2.75, 3.05) is 13.2 Å². The highest BCUT2D eigenvalue weighted by atomic mass is 79.9. The van der Waals surface area contributed by atoms with Crippen molar-refractivity contribution in [1.82, 2.24) is 0 Å². The minimum atomic E-state index is -3.86. The van der Waals surface area contributed by atoms with E-state index in [1.54, 1.807) is 0 Å². The van der Waals surface area contributed by atoms with Gasteiger partial charge in [0.25, 0.3) is 0 Å². The molecule has 104 valence electrons. The molecule has 1 aliphatic rings. The van der Waals surface area contributed by atoms with Crippen LogP contribution in [0.2, 0.25) is 0 Å². The second kappa shape index (κ2) is 5.58. The van der Waals surface area contributed by atoms with Crippen molar-refractivity contribution in [1.29, 1.82) is 0 Å². The minimum absolute atomic E-state index is 0.124. The highest BCUT2D eigenvalue weighted by molar-refractivity contribution is 9.10. The molecule has 1 aliphatic heterocycles. The Hall–Kier alpha value is -0.960. The Balaban J connectivity index is 2.25. The Kier molecular flexibility index (Phi) is 4.24. The van der Waals surface area contributed by atoms with Crippen LogP contribution < -0.4 is 5.14 Å². The minimum Gasteiger partial charge on any atom is -0.456 e. The van der Waals surface area contributed by atoms with Gasteiger partial charge in [0.1, 0.15) is 6.10 Å². The van der Waals surface area contributed by atoms with Gasteiger partial charge in [0.05, 0.1) is 23.7 Å². The summed E-state index contributed by atoms with van der Waals surface area (Å²) in [6.07, 6.45) is 0.343. The van der Waals surface area contributed by atoms with Crippen molar-refractivity contribution >= 4 is 31.9 Å². The zero-order valence-corrected chi connectivity index (χ0v) is 12.2. The number of carbonyl (C=O) groups is 1. The highest BCUT2D eigenvalue weighted by Crippen LogP contribution is 2.22. The standard InChI is InChI=1S/C11H12BrNO5S/c12-10-2-1-8(19(13,15)16)5-9(10)11(14)18-7-3-4-17-6-7/h1-2,5,7H,3-4,6H2,(H2,13,15,16). The van der Waals surface area contributed by atoms with Gasteiger partial charge in [-0.3, -0.25) is 0 Å². The number of primary sulfonamides is 1. The molecule has 2 rings (SSSR count). The molecular weight excluding hydrogens is 338 g/mol. The fraction of sp³-hybridized carbons (Fsp3) is 0.364. The van der Waals surface area contributed by atoms with Gasteiger partial charge in [0, 0.05) is 10.9 Å². The number of halogens is 1. The number of hydrogen-bond donors (Lipinski definition) is 1. The molecule has 1 fully saturated rings. The van der Waals surface area contributed by atoms with Crippen LogP contribution in [0.3, 0.4) is 0 Å². The predicted octanol–water partition coefficient (Wildman–Crippen LogP) is 1.04. The number of nitrogens with two attached hydrogens (primary N) is 1. The van der Waals surface area contributed by atoms with Gasteiger partial charge in [-0.1, -0.05) is 0 Å². The lowest BCUT2D eigenvalue weighted by Gasteiger charge is -2.11. The van der Waals surface area contributed by atoms with Crippen LogP contribution in [0, 0.1) is 0 Å². The molecule has 2 N–H and O–H groups in total. The Bertz CT molecular complexity index is 595. The van der Waals surface area contributed by atoms with E-state index in [0.717, 1.165) is 0 Å². The molecule has 1 saturated heterocycles. The van der Waals surface area contributed by atoms with Gasteiger partial charge in [-0.05, 0) is 34.1 Å². The van der Waals surface area contributed by atoms with Gasteiger partial charge >= 0.3 is 5.97 Å². The average molecular weight is 350 g/mol. The first-order valence-corrected chi connectivity index (χ1v) is 7.83. The van der Waals surface area contributed by atoms with E-state index >= 15 is 0 Å². The van der Waals surface area contributed by atoms with Gasteiger partial charge in [0.15, 0.2) is 0 Å². The van der Waals surface area contributed by atoms with Crippen LogP contribution in [-0.2, 0) is 19.5 Å². The SMILES string of the molecule is NS(=O)(=O)c1ccc(Br)c(C(=O)OC2CCOC2)c1. The highest BCUT2D eigenvalue weighted by Gasteiger charge is 2.23. The van der Waals surface area contributed by atoms with E-state index in [2.05, 4.69) is 15.9 Å². The van der Waals surface area contributed by atoms with E-state index in [9.17, 15) is 13.2 Å². The molecule has 6 nitrogen and oxygen atoms in total. The second-order valence-electron chi connectivity index (χ2n) is 4.08. The maximum Gasteiger partial charge on any atom is 0.339 e. The summed E-state index contributed by atoms with van der Waals surface area (Å²) in [5.41, 5.74) is 0.124. The van der Waals surface area contributed by atoms with Crippen LogP contribution in [0.4, 0.5) is 0 Å². The number of benzene rings is 1. The molecule has 19 heavy (non-hydrogen) atoms. The normalized spacial score (nSPS) is 19.4. The number of hydrogen-bond acceptors (Lipinski definition) is 5. The van der Waals surface area contributed by atoms with E-state index in [-0.39, 0.29) is 16.6 Å². The summed E-state index contributed by atoms with van der Waals surface area (Å²) < 4.78 is 33.3. The summed E-state index contributed by atoms with van der Waals surface area (Å²) in [5.74, 6) is -0.604. The molecule has 0 radical (unpaired) electrons. The number of ether oxygens (including phenoxy) is 2. The number of carbonyl (C=O) groups excluding carboxylic acids is 1. The largest absolute Gasteiger partial charge is 0.456 e. The van der Waals surface area contributed by atoms with Crippen molar-refractivity contribution in [2.45, 2.75) is 17.4 Å². The zero-order valence-electron chi connectivity index (χ0n) is 9.84. The summed E-state index contributed by atoms with van der Waals surface area (Å²) in [7, 11) is -3.86.